The summed E-state index contributed by atoms with van der Waals surface area (Å²) in [6, 6.07) is 13.3. The van der Waals surface area contributed by atoms with Gasteiger partial charge in [-0.05, 0) is 42.8 Å². The molecule has 2 aromatic carbocycles. The molecule has 0 atom stereocenters. The predicted molar refractivity (Wildman–Crippen MR) is 103 cm³/mol. The summed E-state index contributed by atoms with van der Waals surface area (Å²) in [7, 11) is 1.58. The molecule has 3 aromatic rings. The molecule has 6 heteroatoms. The smallest absolute Gasteiger partial charge is 0.331 e. The van der Waals surface area contributed by atoms with E-state index in [4.69, 9.17) is 14.2 Å². The Morgan fingerprint density at radius 2 is 2.04 bits per heavy atom. The Morgan fingerprint density at radius 1 is 1.19 bits per heavy atom. The largest absolute Gasteiger partial charge is 0.493 e. The minimum absolute atomic E-state index is 0.162. The number of carbonyl (C=O) groups excluding carboxylic acids is 1. The van der Waals surface area contributed by atoms with Gasteiger partial charge in [-0.2, -0.15) is 0 Å². The van der Waals surface area contributed by atoms with E-state index >= 15 is 0 Å². The van der Waals surface area contributed by atoms with Gasteiger partial charge in [0.05, 0.1) is 23.9 Å². The Bertz CT molecular complexity index is 899. The molecule has 3 rings (SSSR count). The summed E-state index contributed by atoms with van der Waals surface area (Å²) in [5.41, 5.74) is 1.74. The fraction of sp³-hybridized carbons (Fsp3) is 0.200. The highest BCUT2D eigenvalue weighted by atomic mass is 32.1. The molecule has 0 amide bonds. The SMILES string of the molecule is CCOc1ccc(/C=C/C(=O)OCc2nc3ccccc3s2)cc1OC. The van der Waals surface area contributed by atoms with Crippen LogP contribution in [0.4, 0.5) is 0 Å². The molecule has 0 fully saturated rings. The molecule has 26 heavy (non-hydrogen) atoms. The maximum absolute atomic E-state index is 11.9. The highest BCUT2D eigenvalue weighted by Crippen LogP contribution is 2.28. The van der Waals surface area contributed by atoms with Gasteiger partial charge in [-0.3, -0.25) is 0 Å². The van der Waals surface area contributed by atoms with Crippen molar-refractivity contribution in [1.29, 1.82) is 0 Å². The Kier molecular flexibility index (Phi) is 5.86. The lowest BCUT2D eigenvalue weighted by Crippen LogP contribution is -2.00. The molecule has 0 aliphatic rings. The third kappa shape index (κ3) is 4.40. The van der Waals surface area contributed by atoms with Crippen LogP contribution in [0, 0.1) is 0 Å². The van der Waals surface area contributed by atoms with Crippen molar-refractivity contribution in [3.63, 3.8) is 0 Å². The van der Waals surface area contributed by atoms with Crippen LogP contribution in [-0.4, -0.2) is 24.7 Å². The normalized spacial score (nSPS) is 11.0. The zero-order chi connectivity index (χ0) is 18.4. The number of hydrogen-bond donors (Lipinski definition) is 0. The number of hydrogen-bond acceptors (Lipinski definition) is 6. The Morgan fingerprint density at radius 3 is 2.81 bits per heavy atom. The molecule has 0 saturated heterocycles. The number of esters is 1. The van der Waals surface area contributed by atoms with Crippen LogP contribution in [0.15, 0.2) is 48.5 Å². The van der Waals surface area contributed by atoms with Crippen LogP contribution in [0.1, 0.15) is 17.5 Å². The van der Waals surface area contributed by atoms with Crippen molar-refractivity contribution < 1.29 is 19.0 Å². The molecule has 0 radical (unpaired) electrons. The third-order valence-corrected chi connectivity index (χ3v) is 4.59. The number of nitrogens with zero attached hydrogens (tertiary/aromatic N) is 1. The van der Waals surface area contributed by atoms with Gasteiger partial charge < -0.3 is 14.2 Å². The molecule has 0 spiro atoms. The summed E-state index contributed by atoms with van der Waals surface area (Å²) in [6.07, 6.45) is 3.07. The van der Waals surface area contributed by atoms with Crippen LogP contribution in [0.5, 0.6) is 11.5 Å². The first kappa shape index (κ1) is 17.9. The monoisotopic (exact) mass is 369 g/mol. The molecule has 0 aliphatic carbocycles. The minimum atomic E-state index is -0.419. The molecular weight excluding hydrogens is 350 g/mol. The second-order valence-electron chi connectivity index (χ2n) is 5.36. The van der Waals surface area contributed by atoms with Crippen LogP contribution in [0.2, 0.25) is 0 Å². The number of ether oxygens (including phenoxy) is 3. The molecule has 134 valence electrons. The molecule has 0 N–H and O–H groups in total. The van der Waals surface area contributed by atoms with Crippen molar-refractivity contribution in [3.05, 3.63) is 59.1 Å². The van der Waals surface area contributed by atoms with Gasteiger partial charge in [0.2, 0.25) is 0 Å². The maximum Gasteiger partial charge on any atom is 0.331 e. The average Bonchev–Trinajstić information content (AvgIpc) is 3.08. The number of thiazole rings is 1. The van der Waals surface area contributed by atoms with Crippen molar-refractivity contribution in [3.8, 4) is 11.5 Å². The van der Waals surface area contributed by atoms with E-state index in [2.05, 4.69) is 4.98 Å². The minimum Gasteiger partial charge on any atom is -0.493 e. The van der Waals surface area contributed by atoms with Crippen molar-refractivity contribution in [1.82, 2.24) is 4.98 Å². The fourth-order valence-corrected chi connectivity index (χ4v) is 3.27. The van der Waals surface area contributed by atoms with E-state index in [0.717, 1.165) is 20.8 Å². The third-order valence-electron chi connectivity index (χ3n) is 3.58. The molecule has 0 aliphatic heterocycles. The average molecular weight is 369 g/mol. The highest BCUT2D eigenvalue weighted by Gasteiger charge is 2.07. The van der Waals surface area contributed by atoms with Crippen LogP contribution < -0.4 is 9.47 Å². The second-order valence-corrected chi connectivity index (χ2v) is 6.47. The number of rotatable bonds is 7. The number of para-hydroxylation sites is 1. The van der Waals surface area contributed by atoms with Crippen molar-refractivity contribution in [2.24, 2.45) is 0 Å². The van der Waals surface area contributed by atoms with E-state index in [0.29, 0.717) is 18.1 Å². The second kappa shape index (κ2) is 8.49. The number of methoxy groups -OCH3 is 1. The van der Waals surface area contributed by atoms with E-state index in [-0.39, 0.29) is 6.61 Å². The molecule has 1 heterocycles. The van der Waals surface area contributed by atoms with Gasteiger partial charge >= 0.3 is 5.97 Å². The van der Waals surface area contributed by atoms with Crippen LogP contribution in [0.25, 0.3) is 16.3 Å². The van der Waals surface area contributed by atoms with Gasteiger partial charge in [-0.25, -0.2) is 9.78 Å². The van der Waals surface area contributed by atoms with Gasteiger partial charge in [-0.15, -0.1) is 11.3 Å². The summed E-state index contributed by atoms with van der Waals surface area (Å²) in [6.45, 7) is 2.63. The molecule has 0 unspecified atom stereocenters. The first-order valence-electron chi connectivity index (χ1n) is 8.19. The first-order valence-corrected chi connectivity index (χ1v) is 9.01. The van der Waals surface area contributed by atoms with Crippen molar-refractivity contribution in [2.75, 3.05) is 13.7 Å². The van der Waals surface area contributed by atoms with Crippen LogP contribution >= 0.6 is 11.3 Å². The van der Waals surface area contributed by atoms with E-state index in [9.17, 15) is 4.79 Å². The predicted octanol–water partition coefficient (Wildman–Crippen LogP) is 4.46. The lowest BCUT2D eigenvalue weighted by atomic mass is 10.2. The number of aromatic nitrogens is 1. The number of carbonyl (C=O) groups is 1. The molecular formula is C20H19NO4S. The van der Waals surface area contributed by atoms with Crippen molar-refractivity contribution in [2.45, 2.75) is 13.5 Å². The lowest BCUT2D eigenvalue weighted by molar-refractivity contribution is -0.138. The summed E-state index contributed by atoms with van der Waals surface area (Å²) < 4.78 is 17.1. The summed E-state index contributed by atoms with van der Waals surface area (Å²) in [5, 5.41) is 0.774. The standard InChI is InChI=1S/C20H19NO4S/c1-3-24-16-10-8-14(12-17(16)23-2)9-11-20(22)25-13-19-21-15-6-4-5-7-18(15)26-19/h4-12H,3,13H2,1-2H3/b11-9+. The fourth-order valence-electron chi connectivity index (χ4n) is 2.39. The van der Waals surface area contributed by atoms with Crippen LogP contribution in [0.3, 0.4) is 0 Å². The van der Waals surface area contributed by atoms with E-state index in [1.165, 1.54) is 17.4 Å². The zero-order valence-corrected chi connectivity index (χ0v) is 15.4. The van der Waals surface area contributed by atoms with Gasteiger partial charge in [0, 0.05) is 6.08 Å². The highest BCUT2D eigenvalue weighted by molar-refractivity contribution is 7.18. The van der Waals surface area contributed by atoms with Gasteiger partial charge in [0.1, 0.15) is 11.6 Å². The molecule has 5 nitrogen and oxygen atoms in total. The Hall–Kier alpha value is -2.86. The number of fused-ring (bicyclic) bond motifs is 1. The van der Waals surface area contributed by atoms with E-state index < -0.39 is 5.97 Å². The van der Waals surface area contributed by atoms with Crippen LogP contribution in [-0.2, 0) is 16.1 Å². The Balaban J connectivity index is 1.60. The van der Waals surface area contributed by atoms with Gasteiger partial charge in [0.25, 0.3) is 0 Å². The zero-order valence-electron chi connectivity index (χ0n) is 14.6. The summed E-state index contributed by atoms with van der Waals surface area (Å²) in [4.78, 5) is 16.4. The van der Waals surface area contributed by atoms with Gasteiger partial charge in [-0.1, -0.05) is 18.2 Å². The Labute approximate surface area is 155 Å². The van der Waals surface area contributed by atoms with Gasteiger partial charge in [0.15, 0.2) is 11.5 Å². The van der Waals surface area contributed by atoms with Crippen molar-refractivity contribution >= 4 is 33.6 Å². The number of benzene rings is 2. The summed E-state index contributed by atoms with van der Waals surface area (Å²) >= 11 is 1.52. The quantitative estimate of drug-likeness (QED) is 0.455. The van der Waals surface area contributed by atoms with E-state index in [1.54, 1.807) is 13.2 Å². The molecule has 0 bridgehead atoms. The maximum atomic E-state index is 11.9. The lowest BCUT2D eigenvalue weighted by Gasteiger charge is -2.09. The first-order chi connectivity index (χ1) is 12.7. The topological polar surface area (TPSA) is 57.7 Å². The van der Waals surface area contributed by atoms with E-state index in [1.807, 2.05) is 49.4 Å². The molecule has 1 aromatic heterocycles. The summed E-state index contributed by atoms with van der Waals surface area (Å²) in [5.74, 6) is 0.875. The molecule has 0 saturated carbocycles.